The summed E-state index contributed by atoms with van der Waals surface area (Å²) in [6, 6.07) is 7.97. The van der Waals surface area contributed by atoms with E-state index in [1.165, 1.54) is 12.0 Å². The van der Waals surface area contributed by atoms with Crippen molar-refractivity contribution in [1.29, 1.82) is 0 Å². The number of hydrogen-bond donors (Lipinski definition) is 2. The molecule has 7 heteroatoms. The van der Waals surface area contributed by atoms with Crippen molar-refractivity contribution in [3.8, 4) is 0 Å². The van der Waals surface area contributed by atoms with Gasteiger partial charge in [-0.3, -0.25) is 4.79 Å². The van der Waals surface area contributed by atoms with Crippen molar-refractivity contribution in [3.05, 3.63) is 47.5 Å². The van der Waals surface area contributed by atoms with E-state index in [9.17, 15) is 4.79 Å². The number of amides is 1. The lowest BCUT2D eigenvalue weighted by molar-refractivity contribution is 0.0953. The van der Waals surface area contributed by atoms with Crippen LogP contribution in [0, 0.1) is 5.92 Å². The maximum atomic E-state index is 12.4. The fourth-order valence-electron chi connectivity index (χ4n) is 3.19. The Morgan fingerprint density at radius 2 is 2.32 bits per heavy atom. The highest BCUT2D eigenvalue weighted by molar-refractivity contribution is 5.94. The van der Waals surface area contributed by atoms with Crippen LogP contribution in [0.5, 0.6) is 0 Å². The molecule has 1 aliphatic rings. The standard InChI is InChI=1S/C18H25N5O.ClH/c1-2-23-13-21-22-17(23)7-9-20-18(24)16-5-3-4-14(11-16)10-15-6-8-19-12-15;/h3-5,11,13,15,19H,2,6-10,12H2,1H3,(H,20,24);1H. The average molecular weight is 364 g/mol. The third-order valence-corrected chi connectivity index (χ3v) is 4.55. The normalized spacial score (nSPS) is 16.4. The van der Waals surface area contributed by atoms with Gasteiger partial charge in [0.2, 0.25) is 0 Å². The van der Waals surface area contributed by atoms with Gasteiger partial charge < -0.3 is 15.2 Å². The first-order chi connectivity index (χ1) is 11.8. The van der Waals surface area contributed by atoms with E-state index in [1.54, 1.807) is 6.33 Å². The van der Waals surface area contributed by atoms with Crippen molar-refractivity contribution in [2.24, 2.45) is 5.92 Å². The highest BCUT2D eigenvalue weighted by Gasteiger charge is 2.15. The van der Waals surface area contributed by atoms with E-state index in [2.05, 4.69) is 33.8 Å². The van der Waals surface area contributed by atoms with Gasteiger partial charge in [-0.25, -0.2) is 0 Å². The van der Waals surface area contributed by atoms with Crippen LogP contribution >= 0.6 is 12.4 Å². The smallest absolute Gasteiger partial charge is 0.251 e. The molecule has 1 amide bonds. The van der Waals surface area contributed by atoms with Crippen LogP contribution in [0.2, 0.25) is 0 Å². The molecular weight excluding hydrogens is 338 g/mol. The molecule has 2 heterocycles. The summed E-state index contributed by atoms with van der Waals surface area (Å²) in [5, 5.41) is 14.4. The minimum atomic E-state index is -0.0241. The molecular formula is C18H26ClN5O. The average Bonchev–Trinajstić information content (AvgIpc) is 3.26. The number of carbonyl (C=O) groups excluding carboxylic acids is 1. The number of nitrogens with zero attached hydrogens (tertiary/aromatic N) is 3. The highest BCUT2D eigenvalue weighted by atomic mass is 35.5. The Hall–Kier alpha value is -1.92. The van der Waals surface area contributed by atoms with E-state index >= 15 is 0 Å². The summed E-state index contributed by atoms with van der Waals surface area (Å²) < 4.78 is 1.99. The summed E-state index contributed by atoms with van der Waals surface area (Å²) in [5.41, 5.74) is 1.97. The molecule has 0 spiro atoms. The molecule has 25 heavy (non-hydrogen) atoms. The van der Waals surface area contributed by atoms with Crippen LogP contribution < -0.4 is 10.6 Å². The maximum Gasteiger partial charge on any atom is 0.251 e. The van der Waals surface area contributed by atoms with Crippen LogP contribution in [-0.2, 0) is 19.4 Å². The molecule has 2 N–H and O–H groups in total. The molecule has 0 aliphatic carbocycles. The molecule has 1 atom stereocenters. The van der Waals surface area contributed by atoms with Gasteiger partial charge >= 0.3 is 0 Å². The van der Waals surface area contributed by atoms with Crippen LogP contribution in [0.1, 0.15) is 35.1 Å². The van der Waals surface area contributed by atoms with Gasteiger partial charge in [-0.1, -0.05) is 12.1 Å². The van der Waals surface area contributed by atoms with E-state index in [1.807, 2.05) is 22.8 Å². The van der Waals surface area contributed by atoms with Crippen LogP contribution in [0.4, 0.5) is 0 Å². The number of hydrogen-bond acceptors (Lipinski definition) is 4. The minimum absolute atomic E-state index is 0. The topological polar surface area (TPSA) is 71.8 Å². The fourth-order valence-corrected chi connectivity index (χ4v) is 3.19. The lowest BCUT2D eigenvalue weighted by Gasteiger charge is -2.10. The van der Waals surface area contributed by atoms with Gasteiger partial charge in [0.05, 0.1) is 0 Å². The molecule has 1 aromatic carbocycles. The summed E-state index contributed by atoms with van der Waals surface area (Å²) >= 11 is 0. The van der Waals surface area contributed by atoms with Gasteiger partial charge in [-0.05, 0) is 56.5 Å². The number of aromatic nitrogens is 3. The number of nitrogens with one attached hydrogen (secondary N) is 2. The monoisotopic (exact) mass is 363 g/mol. The van der Waals surface area contributed by atoms with Crippen molar-refractivity contribution >= 4 is 18.3 Å². The zero-order valence-electron chi connectivity index (χ0n) is 14.6. The summed E-state index contributed by atoms with van der Waals surface area (Å²) in [5.74, 6) is 1.56. The number of carbonyl (C=O) groups is 1. The van der Waals surface area contributed by atoms with Gasteiger partial charge in [0, 0.05) is 25.1 Å². The number of halogens is 1. The molecule has 2 aromatic rings. The number of benzene rings is 1. The van der Waals surface area contributed by atoms with Crippen LogP contribution in [0.3, 0.4) is 0 Å². The van der Waals surface area contributed by atoms with E-state index in [0.29, 0.717) is 18.9 Å². The van der Waals surface area contributed by atoms with E-state index in [-0.39, 0.29) is 18.3 Å². The van der Waals surface area contributed by atoms with Gasteiger partial charge in [-0.2, -0.15) is 0 Å². The molecule has 1 aliphatic heterocycles. The summed E-state index contributed by atoms with van der Waals surface area (Å²) in [6.07, 6.45) is 4.66. The van der Waals surface area contributed by atoms with Crippen LogP contribution in [0.25, 0.3) is 0 Å². The molecule has 0 radical (unpaired) electrons. The molecule has 1 unspecified atom stereocenters. The van der Waals surface area contributed by atoms with E-state index < -0.39 is 0 Å². The predicted molar refractivity (Wildman–Crippen MR) is 100 cm³/mol. The molecule has 6 nitrogen and oxygen atoms in total. The summed E-state index contributed by atoms with van der Waals surface area (Å²) in [4.78, 5) is 12.4. The molecule has 136 valence electrons. The number of rotatable bonds is 7. The minimum Gasteiger partial charge on any atom is -0.352 e. The Kier molecular flexibility index (Phi) is 7.40. The SMILES string of the molecule is CCn1cnnc1CCNC(=O)c1cccc(CC2CCNC2)c1.Cl. The molecule has 1 fully saturated rings. The van der Waals surface area contributed by atoms with Crippen molar-refractivity contribution in [2.75, 3.05) is 19.6 Å². The quantitative estimate of drug-likeness (QED) is 0.787. The van der Waals surface area contributed by atoms with E-state index in [0.717, 1.165) is 37.4 Å². The zero-order chi connectivity index (χ0) is 16.8. The van der Waals surface area contributed by atoms with Gasteiger partial charge in [0.25, 0.3) is 5.91 Å². The Morgan fingerprint density at radius 1 is 1.44 bits per heavy atom. The van der Waals surface area contributed by atoms with E-state index in [4.69, 9.17) is 0 Å². The van der Waals surface area contributed by atoms with Gasteiger partial charge in [0.1, 0.15) is 12.2 Å². The van der Waals surface area contributed by atoms with Crippen molar-refractivity contribution in [1.82, 2.24) is 25.4 Å². The summed E-state index contributed by atoms with van der Waals surface area (Å²) in [6.45, 7) is 5.64. The fraction of sp³-hybridized carbons (Fsp3) is 0.500. The van der Waals surface area contributed by atoms with Gasteiger partial charge in [0.15, 0.2) is 0 Å². The first kappa shape index (κ1) is 19.4. The van der Waals surface area contributed by atoms with Gasteiger partial charge in [-0.15, -0.1) is 22.6 Å². The van der Waals surface area contributed by atoms with Crippen molar-refractivity contribution in [2.45, 2.75) is 32.7 Å². The molecule has 0 saturated carbocycles. The Bertz CT molecular complexity index is 682. The second-order valence-electron chi connectivity index (χ2n) is 6.30. The first-order valence-corrected chi connectivity index (χ1v) is 8.70. The third kappa shape index (κ3) is 5.28. The van der Waals surface area contributed by atoms with Crippen LogP contribution in [-0.4, -0.2) is 40.3 Å². The van der Waals surface area contributed by atoms with Crippen molar-refractivity contribution in [3.63, 3.8) is 0 Å². The lowest BCUT2D eigenvalue weighted by Crippen LogP contribution is -2.26. The molecule has 3 rings (SSSR count). The molecule has 0 bridgehead atoms. The first-order valence-electron chi connectivity index (χ1n) is 8.70. The number of aryl methyl sites for hydroxylation is 1. The van der Waals surface area contributed by atoms with Crippen LogP contribution in [0.15, 0.2) is 30.6 Å². The zero-order valence-corrected chi connectivity index (χ0v) is 15.4. The Morgan fingerprint density at radius 3 is 3.08 bits per heavy atom. The lowest BCUT2D eigenvalue weighted by atomic mass is 9.97. The third-order valence-electron chi connectivity index (χ3n) is 4.55. The largest absolute Gasteiger partial charge is 0.352 e. The second-order valence-corrected chi connectivity index (χ2v) is 6.30. The predicted octanol–water partition coefficient (Wildman–Crippen LogP) is 1.84. The van der Waals surface area contributed by atoms with Crippen molar-refractivity contribution < 1.29 is 4.79 Å². The highest BCUT2D eigenvalue weighted by Crippen LogP contribution is 2.16. The summed E-state index contributed by atoms with van der Waals surface area (Å²) in [7, 11) is 0. The Balaban J connectivity index is 0.00000225. The second kappa shape index (κ2) is 9.53. The molecule has 1 saturated heterocycles. The Labute approximate surface area is 154 Å². The molecule has 1 aromatic heterocycles. The maximum absolute atomic E-state index is 12.4.